The molecule has 0 radical (unpaired) electrons. The standard InChI is InChI=1S/C10H14O/c1-2-5-10(11)8-9-6-3-4-7-9/h1,9H,3-8H2. The molecule has 1 heteroatoms. The zero-order valence-electron chi connectivity index (χ0n) is 6.81. The fourth-order valence-corrected chi connectivity index (χ4v) is 1.72. The van der Waals surface area contributed by atoms with Crippen molar-refractivity contribution in [3.63, 3.8) is 0 Å². The molecule has 0 unspecified atom stereocenters. The van der Waals surface area contributed by atoms with Crippen molar-refractivity contribution in [2.75, 3.05) is 0 Å². The Labute approximate surface area is 68.2 Å². The van der Waals surface area contributed by atoms with E-state index in [0.29, 0.717) is 12.3 Å². The normalized spacial score (nSPS) is 18.1. The summed E-state index contributed by atoms with van der Waals surface area (Å²) in [6.07, 6.45) is 11.2. The summed E-state index contributed by atoms with van der Waals surface area (Å²) in [4.78, 5) is 11.1. The van der Waals surface area contributed by atoms with E-state index >= 15 is 0 Å². The largest absolute Gasteiger partial charge is 0.299 e. The van der Waals surface area contributed by atoms with Crippen molar-refractivity contribution in [1.82, 2.24) is 0 Å². The van der Waals surface area contributed by atoms with Gasteiger partial charge >= 0.3 is 0 Å². The number of Topliss-reactive ketones (excluding diaryl/α,β-unsaturated/α-hetero) is 1. The molecule has 0 saturated heterocycles. The Balaban J connectivity index is 2.19. The van der Waals surface area contributed by atoms with Gasteiger partial charge in [-0.05, 0) is 5.92 Å². The highest BCUT2D eigenvalue weighted by Crippen LogP contribution is 2.27. The number of carbonyl (C=O) groups is 1. The van der Waals surface area contributed by atoms with Crippen LogP contribution in [0.25, 0.3) is 0 Å². The van der Waals surface area contributed by atoms with Gasteiger partial charge in [-0.1, -0.05) is 31.6 Å². The number of rotatable bonds is 3. The van der Waals surface area contributed by atoms with Crippen molar-refractivity contribution < 1.29 is 4.79 Å². The molecule has 1 rings (SSSR count). The van der Waals surface area contributed by atoms with Gasteiger partial charge in [0.15, 0.2) is 0 Å². The molecule has 1 nitrogen and oxygen atoms in total. The predicted molar refractivity (Wildman–Crippen MR) is 45.0 cm³/mol. The van der Waals surface area contributed by atoms with Crippen LogP contribution < -0.4 is 0 Å². The Bertz CT molecular complexity index is 170. The van der Waals surface area contributed by atoms with Crippen LogP contribution in [0, 0.1) is 18.3 Å². The molecule has 0 spiro atoms. The van der Waals surface area contributed by atoms with Gasteiger partial charge in [0, 0.05) is 6.42 Å². The molecule has 60 valence electrons. The van der Waals surface area contributed by atoms with Crippen molar-refractivity contribution >= 4 is 5.78 Å². The Morgan fingerprint density at radius 1 is 1.45 bits per heavy atom. The van der Waals surface area contributed by atoms with Crippen LogP contribution in [0.15, 0.2) is 0 Å². The summed E-state index contributed by atoms with van der Waals surface area (Å²) in [5.41, 5.74) is 0. The molecule has 11 heavy (non-hydrogen) atoms. The number of hydrogen-bond acceptors (Lipinski definition) is 1. The first-order chi connectivity index (χ1) is 5.33. The van der Waals surface area contributed by atoms with Crippen molar-refractivity contribution in [2.45, 2.75) is 38.5 Å². The van der Waals surface area contributed by atoms with E-state index in [2.05, 4.69) is 5.92 Å². The highest BCUT2D eigenvalue weighted by molar-refractivity contribution is 5.80. The molecule has 0 aromatic carbocycles. The maximum Gasteiger partial charge on any atom is 0.145 e. The van der Waals surface area contributed by atoms with Crippen LogP contribution in [0.2, 0.25) is 0 Å². The van der Waals surface area contributed by atoms with Crippen LogP contribution in [0.3, 0.4) is 0 Å². The average molecular weight is 150 g/mol. The van der Waals surface area contributed by atoms with E-state index in [1.54, 1.807) is 0 Å². The zero-order valence-corrected chi connectivity index (χ0v) is 6.81. The second-order valence-electron chi connectivity index (χ2n) is 3.27. The highest BCUT2D eigenvalue weighted by Gasteiger charge is 2.17. The molecule has 1 fully saturated rings. The van der Waals surface area contributed by atoms with Gasteiger partial charge in [-0.25, -0.2) is 0 Å². The van der Waals surface area contributed by atoms with Gasteiger partial charge in [-0.2, -0.15) is 0 Å². The Kier molecular flexibility index (Phi) is 3.16. The third-order valence-electron chi connectivity index (χ3n) is 2.29. The van der Waals surface area contributed by atoms with Crippen LogP contribution in [-0.4, -0.2) is 5.78 Å². The summed E-state index contributed by atoms with van der Waals surface area (Å²) < 4.78 is 0. The van der Waals surface area contributed by atoms with Crippen molar-refractivity contribution in [3.05, 3.63) is 0 Å². The molecule has 0 aliphatic heterocycles. The van der Waals surface area contributed by atoms with E-state index in [4.69, 9.17) is 6.42 Å². The van der Waals surface area contributed by atoms with Gasteiger partial charge in [0.1, 0.15) is 5.78 Å². The second kappa shape index (κ2) is 4.18. The number of carbonyl (C=O) groups excluding carboxylic acids is 1. The molecule has 0 aromatic rings. The Morgan fingerprint density at radius 3 is 2.64 bits per heavy atom. The number of ketones is 1. The van der Waals surface area contributed by atoms with Gasteiger partial charge in [0.05, 0.1) is 6.42 Å². The molecule has 0 amide bonds. The lowest BCUT2D eigenvalue weighted by Crippen LogP contribution is -2.03. The van der Waals surface area contributed by atoms with E-state index < -0.39 is 0 Å². The minimum Gasteiger partial charge on any atom is -0.299 e. The minimum atomic E-state index is 0.249. The van der Waals surface area contributed by atoms with Gasteiger partial charge in [-0.15, -0.1) is 6.42 Å². The van der Waals surface area contributed by atoms with Crippen LogP contribution >= 0.6 is 0 Å². The first-order valence-corrected chi connectivity index (χ1v) is 4.28. The van der Waals surface area contributed by atoms with Gasteiger partial charge in [0.2, 0.25) is 0 Å². The maximum absolute atomic E-state index is 11.1. The molecule has 0 atom stereocenters. The lowest BCUT2D eigenvalue weighted by atomic mass is 10.00. The van der Waals surface area contributed by atoms with Gasteiger partial charge < -0.3 is 0 Å². The molecule has 1 aliphatic rings. The van der Waals surface area contributed by atoms with Crippen LogP contribution in [0.4, 0.5) is 0 Å². The van der Waals surface area contributed by atoms with Crippen LogP contribution in [0.5, 0.6) is 0 Å². The van der Waals surface area contributed by atoms with Crippen molar-refractivity contribution in [2.24, 2.45) is 5.92 Å². The summed E-state index contributed by atoms with van der Waals surface area (Å²) in [7, 11) is 0. The summed E-state index contributed by atoms with van der Waals surface area (Å²) in [5, 5.41) is 0. The van der Waals surface area contributed by atoms with Crippen molar-refractivity contribution in [3.8, 4) is 12.3 Å². The topological polar surface area (TPSA) is 17.1 Å². The Hall–Kier alpha value is -0.770. The number of hydrogen-bond donors (Lipinski definition) is 0. The average Bonchev–Trinajstić information content (AvgIpc) is 2.40. The van der Waals surface area contributed by atoms with E-state index in [9.17, 15) is 4.79 Å². The molecule has 0 N–H and O–H groups in total. The summed E-state index contributed by atoms with van der Waals surface area (Å²) in [6.45, 7) is 0. The third-order valence-corrected chi connectivity index (χ3v) is 2.29. The molecule has 0 aromatic heterocycles. The first kappa shape index (κ1) is 8.33. The summed E-state index contributed by atoms with van der Waals surface area (Å²) in [6, 6.07) is 0. The maximum atomic E-state index is 11.1. The molecule has 1 aliphatic carbocycles. The van der Waals surface area contributed by atoms with Crippen LogP contribution in [-0.2, 0) is 4.79 Å². The number of terminal acetylenes is 1. The predicted octanol–water partition coefficient (Wildman–Crippen LogP) is 2.16. The summed E-state index contributed by atoms with van der Waals surface area (Å²) in [5.74, 6) is 3.29. The van der Waals surface area contributed by atoms with E-state index in [1.807, 2.05) is 0 Å². The van der Waals surface area contributed by atoms with Gasteiger partial charge in [0.25, 0.3) is 0 Å². The van der Waals surface area contributed by atoms with E-state index in [0.717, 1.165) is 6.42 Å². The molecular formula is C10H14O. The first-order valence-electron chi connectivity index (χ1n) is 4.28. The van der Waals surface area contributed by atoms with E-state index in [-0.39, 0.29) is 5.78 Å². The fraction of sp³-hybridized carbons (Fsp3) is 0.700. The lowest BCUT2D eigenvalue weighted by molar-refractivity contribution is -0.118. The Morgan fingerprint density at radius 2 is 2.09 bits per heavy atom. The molecule has 0 bridgehead atoms. The SMILES string of the molecule is C#CCC(=O)CC1CCCC1. The van der Waals surface area contributed by atoms with E-state index in [1.165, 1.54) is 25.7 Å². The molecule has 0 heterocycles. The monoisotopic (exact) mass is 150 g/mol. The zero-order chi connectivity index (χ0) is 8.10. The lowest BCUT2D eigenvalue weighted by Gasteiger charge is -2.04. The quantitative estimate of drug-likeness (QED) is 0.563. The highest BCUT2D eigenvalue weighted by atomic mass is 16.1. The third kappa shape index (κ3) is 2.76. The second-order valence-corrected chi connectivity index (χ2v) is 3.27. The summed E-state index contributed by atoms with van der Waals surface area (Å²) >= 11 is 0. The van der Waals surface area contributed by atoms with Gasteiger partial charge in [-0.3, -0.25) is 4.79 Å². The smallest absolute Gasteiger partial charge is 0.145 e. The van der Waals surface area contributed by atoms with Crippen LogP contribution in [0.1, 0.15) is 38.5 Å². The molecular weight excluding hydrogens is 136 g/mol. The minimum absolute atomic E-state index is 0.249. The fourth-order valence-electron chi connectivity index (χ4n) is 1.72. The van der Waals surface area contributed by atoms with Crippen molar-refractivity contribution in [1.29, 1.82) is 0 Å². The molecule has 1 saturated carbocycles.